The third kappa shape index (κ3) is 3.22. The Morgan fingerprint density at radius 1 is 1.37 bits per heavy atom. The second kappa shape index (κ2) is 5.86. The average molecular weight is 258 g/mol. The lowest BCUT2D eigenvalue weighted by Crippen LogP contribution is -2.07. The van der Waals surface area contributed by atoms with Crippen LogP contribution < -0.4 is 10.1 Å². The van der Waals surface area contributed by atoms with E-state index in [1.807, 2.05) is 18.2 Å². The molecule has 19 heavy (non-hydrogen) atoms. The molecule has 2 N–H and O–H groups in total. The third-order valence-corrected chi connectivity index (χ3v) is 2.64. The molecule has 0 aliphatic heterocycles. The van der Waals surface area contributed by atoms with Crippen LogP contribution in [-0.4, -0.2) is 23.2 Å². The zero-order valence-corrected chi connectivity index (χ0v) is 10.5. The molecule has 0 fully saturated rings. The van der Waals surface area contributed by atoms with E-state index in [4.69, 9.17) is 9.84 Å². The fourth-order valence-corrected chi connectivity index (χ4v) is 1.67. The molecular formula is C14H14N2O3. The minimum absolute atomic E-state index is 0.205. The Bertz CT molecular complexity index is 570. The van der Waals surface area contributed by atoms with Crippen LogP contribution in [-0.2, 0) is 6.54 Å². The molecule has 5 nitrogen and oxygen atoms in total. The van der Waals surface area contributed by atoms with Gasteiger partial charge in [-0.1, -0.05) is 6.07 Å². The summed E-state index contributed by atoms with van der Waals surface area (Å²) in [6.45, 7) is 0.453. The van der Waals surface area contributed by atoms with E-state index in [2.05, 4.69) is 10.3 Å². The van der Waals surface area contributed by atoms with Crippen molar-refractivity contribution in [3.63, 3.8) is 0 Å². The van der Waals surface area contributed by atoms with Crippen molar-refractivity contribution in [2.24, 2.45) is 0 Å². The Hall–Kier alpha value is -2.56. The first-order chi connectivity index (χ1) is 9.20. The van der Waals surface area contributed by atoms with E-state index in [1.165, 1.54) is 13.2 Å². The lowest BCUT2D eigenvalue weighted by atomic mass is 10.1. The molecule has 2 rings (SSSR count). The molecule has 5 heteroatoms. The van der Waals surface area contributed by atoms with Crippen LogP contribution in [0.3, 0.4) is 0 Å². The van der Waals surface area contributed by atoms with Crippen molar-refractivity contribution in [3.8, 4) is 5.75 Å². The second-order valence-corrected chi connectivity index (χ2v) is 3.89. The van der Waals surface area contributed by atoms with Gasteiger partial charge in [0.25, 0.3) is 0 Å². The number of carboxylic acids is 1. The van der Waals surface area contributed by atoms with Gasteiger partial charge in [-0.15, -0.1) is 0 Å². The Kier molecular flexibility index (Phi) is 3.97. The molecule has 1 heterocycles. The molecule has 0 aliphatic rings. The third-order valence-electron chi connectivity index (χ3n) is 2.64. The van der Waals surface area contributed by atoms with E-state index in [0.29, 0.717) is 18.0 Å². The van der Waals surface area contributed by atoms with Crippen LogP contribution in [0.2, 0.25) is 0 Å². The minimum Gasteiger partial charge on any atom is -0.497 e. The number of benzene rings is 1. The predicted octanol–water partition coefficient (Wildman–Crippen LogP) is 2.40. The van der Waals surface area contributed by atoms with Gasteiger partial charge in [-0.3, -0.25) is 4.98 Å². The van der Waals surface area contributed by atoms with Gasteiger partial charge < -0.3 is 15.2 Å². The van der Waals surface area contributed by atoms with Crippen molar-refractivity contribution in [1.82, 2.24) is 4.98 Å². The number of pyridine rings is 1. The van der Waals surface area contributed by atoms with Gasteiger partial charge in [0.1, 0.15) is 5.75 Å². The first-order valence-electron chi connectivity index (χ1n) is 5.76. The van der Waals surface area contributed by atoms with Gasteiger partial charge in [-0.2, -0.15) is 0 Å². The first-order valence-corrected chi connectivity index (χ1v) is 5.76. The lowest BCUT2D eigenvalue weighted by molar-refractivity contribution is 0.0698. The minimum atomic E-state index is -0.980. The number of aromatic nitrogens is 1. The first kappa shape index (κ1) is 12.9. The van der Waals surface area contributed by atoms with Gasteiger partial charge in [-0.05, 0) is 24.3 Å². The van der Waals surface area contributed by atoms with E-state index in [0.717, 1.165) is 5.69 Å². The number of ether oxygens (including phenoxy) is 1. The molecule has 0 atom stereocenters. The molecule has 1 aromatic carbocycles. The van der Waals surface area contributed by atoms with Crippen LogP contribution in [0, 0.1) is 0 Å². The van der Waals surface area contributed by atoms with Gasteiger partial charge in [0.15, 0.2) is 0 Å². The van der Waals surface area contributed by atoms with Gasteiger partial charge in [0, 0.05) is 12.3 Å². The van der Waals surface area contributed by atoms with Crippen LogP contribution in [0.1, 0.15) is 16.1 Å². The molecule has 0 amide bonds. The molecule has 0 aliphatic carbocycles. The number of rotatable bonds is 5. The van der Waals surface area contributed by atoms with E-state index >= 15 is 0 Å². The van der Waals surface area contributed by atoms with Crippen molar-refractivity contribution in [2.45, 2.75) is 6.54 Å². The smallest absolute Gasteiger partial charge is 0.337 e. The van der Waals surface area contributed by atoms with Crippen molar-refractivity contribution in [2.75, 3.05) is 12.4 Å². The zero-order valence-electron chi connectivity index (χ0n) is 10.5. The Balaban J connectivity index is 2.20. The number of carboxylic acid groups (broad SMARTS) is 1. The zero-order chi connectivity index (χ0) is 13.7. The Morgan fingerprint density at radius 3 is 2.84 bits per heavy atom. The fourth-order valence-electron chi connectivity index (χ4n) is 1.67. The van der Waals surface area contributed by atoms with Crippen LogP contribution >= 0.6 is 0 Å². The quantitative estimate of drug-likeness (QED) is 0.861. The highest BCUT2D eigenvalue weighted by Gasteiger charge is 2.11. The molecule has 0 bridgehead atoms. The second-order valence-electron chi connectivity index (χ2n) is 3.89. The van der Waals surface area contributed by atoms with E-state index in [9.17, 15) is 4.79 Å². The maximum absolute atomic E-state index is 11.1. The Morgan fingerprint density at radius 2 is 2.21 bits per heavy atom. The summed E-state index contributed by atoms with van der Waals surface area (Å²) in [6.07, 6.45) is 1.70. The Labute approximate surface area is 110 Å². The van der Waals surface area contributed by atoms with Crippen LogP contribution in [0.5, 0.6) is 5.75 Å². The molecule has 0 spiro atoms. The predicted molar refractivity (Wildman–Crippen MR) is 71.5 cm³/mol. The summed E-state index contributed by atoms with van der Waals surface area (Å²) in [6, 6.07) is 10.4. The summed E-state index contributed by atoms with van der Waals surface area (Å²) < 4.78 is 5.09. The number of methoxy groups -OCH3 is 1. The summed E-state index contributed by atoms with van der Waals surface area (Å²) in [5, 5.41) is 12.2. The van der Waals surface area contributed by atoms with Crippen molar-refractivity contribution < 1.29 is 14.6 Å². The van der Waals surface area contributed by atoms with Gasteiger partial charge >= 0.3 is 5.97 Å². The number of carbonyl (C=O) groups is 1. The van der Waals surface area contributed by atoms with Gasteiger partial charge in [0.05, 0.1) is 30.6 Å². The largest absolute Gasteiger partial charge is 0.497 e. The number of hydrogen-bond donors (Lipinski definition) is 2. The van der Waals surface area contributed by atoms with E-state index in [-0.39, 0.29) is 5.56 Å². The van der Waals surface area contributed by atoms with E-state index in [1.54, 1.807) is 18.3 Å². The molecule has 0 unspecified atom stereocenters. The van der Waals surface area contributed by atoms with Crippen molar-refractivity contribution >= 4 is 11.7 Å². The fraction of sp³-hybridized carbons (Fsp3) is 0.143. The molecule has 0 saturated carbocycles. The van der Waals surface area contributed by atoms with Crippen LogP contribution in [0.4, 0.5) is 5.69 Å². The average Bonchev–Trinajstić information content (AvgIpc) is 2.45. The van der Waals surface area contributed by atoms with Gasteiger partial charge in [0.2, 0.25) is 0 Å². The number of aromatic carboxylic acids is 1. The summed E-state index contributed by atoms with van der Waals surface area (Å²) in [4.78, 5) is 15.3. The van der Waals surface area contributed by atoms with Gasteiger partial charge in [-0.25, -0.2) is 4.79 Å². The number of nitrogens with one attached hydrogen (secondary N) is 1. The molecule has 98 valence electrons. The number of anilines is 1. The summed E-state index contributed by atoms with van der Waals surface area (Å²) >= 11 is 0. The molecule has 0 saturated heterocycles. The molecular weight excluding hydrogens is 244 g/mol. The SMILES string of the molecule is COc1ccc(C(=O)O)c(NCc2ccccn2)c1. The van der Waals surface area contributed by atoms with Crippen LogP contribution in [0.25, 0.3) is 0 Å². The highest BCUT2D eigenvalue weighted by molar-refractivity contribution is 5.94. The van der Waals surface area contributed by atoms with Crippen molar-refractivity contribution in [1.29, 1.82) is 0 Å². The monoisotopic (exact) mass is 258 g/mol. The van der Waals surface area contributed by atoms with Crippen molar-refractivity contribution in [3.05, 3.63) is 53.9 Å². The summed E-state index contributed by atoms with van der Waals surface area (Å²) in [7, 11) is 1.54. The lowest BCUT2D eigenvalue weighted by Gasteiger charge is -2.11. The standard InChI is InChI=1S/C14H14N2O3/c1-19-11-5-6-12(14(17)18)13(8-11)16-9-10-4-2-3-7-15-10/h2-8,16H,9H2,1H3,(H,17,18). The molecule has 2 aromatic rings. The molecule has 0 radical (unpaired) electrons. The normalized spacial score (nSPS) is 9.95. The van der Waals surface area contributed by atoms with Crippen LogP contribution in [0.15, 0.2) is 42.6 Å². The summed E-state index contributed by atoms with van der Waals surface area (Å²) in [5.41, 5.74) is 1.55. The topological polar surface area (TPSA) is 71.5 Å². The summed E-state index contributed by atoms with van der Waals surface area (Å²) in [5.74, 6) is -0.375. The highest BCUT2D eigenvalue weighted by Crippen LogP contribution is 2.23. The maximum Gasteiger partial charge on any atom is 0.337 e. The number of hydrogen-bond acceptors (Lipinski definition) is 4. The highest BCUT2D eigenvalue weighted by atomic mass is 16.5. The maximum atomic E-state index is 11.1. The number of nitrogens with zero attached hydrogens (tertiary/aromatic N) is 1. The molecule has 1 aromatic heterocycles. The van der Waals surface area contributed by atoms with E-state index < -0.39 is 5.97 Å².